The third kappa shape index (κ3) is 5.41. The van der Waals surface area contributed by atoms with Gasteiger partial charge in [-0.2, -0.15) is 13.2 Å². The van der Waals surface area contributed by atoms with Gasteiger partial charge in [0.2, 0.25) is 5.91 Å². The van der Waals surface area contributed by atoms with Gasteiger partial charge in [0, 0.05) is 37.4 Å². The summed E-state index contributed by atoms with van der Waals surface area (Å²) in [6, 6.07) is 13.0. The molecule has 1 saturated heterocycles. The summed E-state index contributed by atoms with van der Waals surface area (Å²) in [6.45, 7) is 2.49. The topological polar surface area (TPSA) is 44.4 Å². The Bertz CT molecular complexity index is 784. The van der Waals surface area contributed by atoms with Crippen molar-refractivity contribution in [3.8, 4) is 0 Å². The molecule has 0 spiro atoms. The van der Waals surface area contributed by atoms with E-state index in [0.29, 0.717) is 6.54 Å². The summed E-state index contributed by atoms with van der Waals surface area (Å²) in [5.41, 5.74) is 1.01. The van der Waals surface area contributed by atoms with E-state index in [1.54, 1.807) is 0 Å². The first-order chi connectivity index (χ1) is 13.4. The van der Waals surface area contributed by atoms with Crippen LogP contribution < -0.4 is 15.5 Å². The van der Waals surface area contributed by atoms with Gasteiger partial charge in [-0.3, -0.25) is 4.79 Å². The van der Waals surface area contributed by atoms with Crippen LogP contribution in [0.2, 0.25) is 0 Å². The Labute approximate surface area is 162 Å². The Hall–Kier alpha value is -2.70. The van der Waals surface area contributed by atoms with Gasteiger partial charge in [-0.1, -0.05) is 12.1 Å². The Balaban J connectivity index is 1.48. The van der Waals surface area contributed by atoms with E-state index >= 15 is 0 Å². The van der Waals surface area contributed by atoms with Gasteiger partial charge in [0.15, 0.2) is 0 Å². The van der Waals surface area contributed by atoms with E-state index in [9.17, 15) is 18.0 Å². The highest BCUT2D eigenvalue weighted by Gasteiger charge is 2.33. The first-order valence-corrected chi connectivity index (χ1v) is 9.48. The van der Waals surface area contributed by atoms with Gasteiger partial charge in [-0.25, -0.2) is 0 Å². The second-order valence-corrected chi connectivity index (χ2v) is 6.86. The number of alkyl halides is 3. The molecule has 1 aliphatic heterocycles. The molecule has 0 radical (unpaired) electrons. The van der Waals surface area contributed by atoms with Crippen LogP contribution in [0.4, 0.5) is 30.2 Å². The van der Waals surface area contributed by atoms with E-state index in [0.717, 1.165) is 24.8 Å². The molecule has 1 aliphatic rings. The van der Waals surface area contributed by atoms with Crippen LogP contribution in [0.15, 0.2) is 48.5 Å². The molecular weight excluding hydrogens is 367 g/mol. The van der Waals surface area contributed by atoms with Crippen molar-refractivity contribution in [1.29, 1.82) is 0 Å². The normalized spacial score (nSPS) is 14.6. The summed E-state index contributed by atoms with van der Waals surface area (Å²) in [5, 5.41) is 5.48. The number of anilines is 3. The lowest BCUT2D eigenvalue weighted by atomic mass is 10.1. The highest BCUT2D eigenvalue weighted by molar-refractivity contribution is 5.91. The van der Waals surface area contributed by atoms with Gasteiger partial charge in [0.1, 0.15) is 0 Å². The van der Waals surface area contributed by atoms with Gasteiger partial charge in [-0.05, 0) is 55.7 Å². The zero-order valence-corrected chi connectivity index (χ0v) is 15.6. The Morgan fingerprint density at radius 2 is 1.64 bits per heavy atom. The highest BCUT2D eigenvalue weighted by atomic mass is 19.4. The minimum Gasteiger partial charge on any atom is -0.385 e. The Morgan fingerprint density at radius 3 is 2.32 bits per heavy atom. The first kappa shape index (κ1) is 20.0. The molecule has 2 aromatic carbocycles. The average molecular weight is 391 g/mol. The van der Waals surface area contributed by atoms with Gasteiger partial charge >= 0.3 is 6.18 Å². The van der Waals surface area contributed by atoms with Crippen LogP contribution in [0.1, 0.15) is 31.2 Å². The molecule has 0 aromatic heterocycles. The molecule has 1 fully saturated rings. The van der Waals surface area contributed by atoms with Crippen LogP contribution >= 0.6 is 0 Å². The molecule has 4 nitrogen and oxygen atoms in total. The summed E-state index contributed by atoms with van der Waals surface area (Å²) in [4.78, 5) is 14.4. The van der Waals surface area contributed by atoms with E-state index in [-0.39, 0.29) is 12.1 Å². The molecule has 0 atom stereocenters. The number of rotatable bonds is 6. The second-order valence-electron chi connectivity index (χ2n) is 6.86. The van der Waals surface area contributed by atoms with Gasteiger partial charge in [-0.15, -0.1) is 0 Å². The quantitative estimate of drug-likeness (QED) is 0.717. The van der Waals surface area contributed by atoms with Crippen LogP contribution in [0, 0.1) is 0 Å². The van der Waals surface area contributed by atoms with E-state index in [2.05, 4.69) is 15.5 Å². The molecule has 7 heteroatoms. The molecule has 2 aromatic rings. The summed E-state index contributed by atoms with van der Waals surface area (Å²) in [6.07, 6.45) is -0.719. The van der Waals surface area contributed by atoms with Crippen LogP contribution in [-0.2, 0) is 11.0 Å². The lowest BCUT2D eigenvalue weighted by Crippen LogP contribution is -2.29. The summed E-state index contributed by atoms with van der Waals surface area (Å²) >= 11 is 0. The number of hydrogen-bond acceptors (Lipinski definition) is 3. The van der Waals surface area contributed by atoms with Crippen LogP contribution in [-0.4, -0.2) is 25.5 Å². The molecule has 0 aliphatic carbocycles. The van der Waals surface area contributed by atoms with Crippen molar-refractivity contribution in [3.63, 3.8) is 0 Å². The highest BCUT2D eigenvalue weighted by Crippen LogP contribution is 2.34. The van der Waals surface area contributed by atoms with Crippen LogP contribution in [0.5, 0.6) is 0 Å². The SMILES string of the molecule is O=C(CCNc1ccc(N2CCCCC2)cc1)Nc1ccccc1C(F)(F)F. The predicted octanol–water partition coefficient (Wildman–Crippen LogP) is 5.14. The molecule has 1 heterocycles. The van der Waals surface area contributed by atoms with Gasteiger partial charge in [0.05, 0.1) is 11.3 Å². The molecule has 3 rings (SSSR count). The number of amides is 1. The lowest BCUT2D eigenvalue weighted by Gasteiger charge is -2.28. The van der Waals surface area contributed by atoms with Crippen molar-refractivity contribution in [1.82, 2.24) is 0 Å². The second kappa shape index (κ2) is 8.99. The molecule has 28 heavy (non-hydrogen) atoms. The number of nitrogens with zero attached hydrogens (tertiary/aromatic N) is 1. The maximum Gasteiger partial charge on any atom is 0.418 e. The van der Waals surface area contributed by atoms with Gasteiger partial charge < -0.3 is 15.5 Å². The van der Waals surface area contributed by atoms with E-state index in [1.165, 1.54) is 43.1 Å². The zero-order valence-electron chi connectivity index (χ0n) is 15.6. The molecule has 2 N–H and O–H groups in total. The third-order valence-electron chi connectivity index (χ3n) is 4.78. The summed E-state index contributed by atoms with van der Waals surface area (Å²) in [5.74, 6) is -0.464. The number of nitrogens with one attached hydrogen (secondary N) is 2. The van der Waals surface area contributed by atoms with Crippen molar-refractivity contribution in [2.24, 2.45) is 0 Å². The third-order valence-corrected chi connectivity index (χ3v) is 4.78. The van der Waals surface area contributed by atoms with Crippen molar-refractivity contribution < 1.29 is 18.0 Å². The molecular formula is C21H24F3N3O. The number of hydrogen-bond donors (Lipinski definition) is 2. The standard InChI is InChI=1S/C21H24F3N3O/c22-21(23,24)18-6-2-3-7-19(18)26-20(28)12-13-25-16-8-10-17(11-9-16)27-14-4-1-5-15-27/h2-3,6-11,25H,1,4-5,12-15H2,(H,26,28). The van der Waals surface area contributed by atoms with Crippen molar-refractivity contribution >= 4 is 23.0 Å². The van der Waals surface area contributed by atoms with Crippen LogP contribution in [0.3, 0.4) is 0 Å². The summed E-state index contributed by atoms with van der Waals surface area (Å²) in [7, 11) is 0. The Morgan fingerprint density at radius 1 is 0.964 bits per heavy atom. The lowest BCUT2D eigenvalue weighted by molar-refractivity contribution is -0.137. The fourth-order valence-electron chi connectivity index (χ4n) is 3.31. The molecule has 0 bridgehead atoms. The predicted molar refractivity (Wildman–Crippen MR) is 106 cm³/mol. The maximum absolute atomic E-state index is 13.0. The van der Waals surface area contributed by atoms with Crippen molar-refractivity contribution in [3.05, 3.63) is 54.1 Å². The van der Waals surface area contributed by atoms with Crippen molar-refractivity contribution in [2.75, 3.05) is 35.2 Å². The van der Waals surface area contributed by atoms with Crippen LogP contribution in [0.25, 0.3) is 0 Å². The van der Waals surface area contributed by atoms with E-state index < -0.39 is 17.6 Å². The number of para-hydroxylation sites is 1. The van der Waals surface area contributed by atoms with E-state index in [4.69, 9.17) is 0 Å². The number of carbonyl (C=O) groups is 1. The van der Waals surface area contributed by atoms with E-state index in [1.807, 2.05) is 24.3 Å². The largest absolute Gasteiger partial charge is 0.418 e. The smallest absolute Gasteiger partial charge is 0.385 e. The zero-order chi connectivity index (χ0) is 20.0. The average Bonchev–Trinajstić information content (AvgIpc) is 2.69. The summed E-state index contributed by atoms with van der Waals surface area (Å²) < 4.78 is 38.9. The number of benzene rings is 2. The monoisotopic (exact) mass is 391 g/mol. The number of piperidine rings is 1. The fourth-order valence-corrected chi connectivity index (χ4v) is 3.31. The maximum atomic E-state index is 13.0. The molecule has 150 valence electrons. The minimum atomic E-state index is -4.50. The fraction of sp³-hybridized carbons (Fsp3) is 0.381. The first-order valence-electron chi connectivity index (χ1n) is 9.48. The molecule has 0 unspecified atom stereocenters. The minimum absolute atomic E-state index is 0.0695. The van der Waals surface area contributed by atoms with Crippen molar-refractivity contribution in [2.45, 2.75) is 31.9 Å². The Kier molecular flexibility index (Phi) is 6.44. The molecule has 1 amide bonds. The molecule has 0 saturated carbocycles. The number of halogens is 3. The van der Waals surface area contributed by atoms with Gasteiger partial charge in [0.25, 0.3) is 0 Å². The number of carbonyl (C=O) groups excluding carboxylic acids is 1.